The van der Waals surface area contributed by atoms with Crippen LogP contribution in [-0.4, -0.2) is 41.5 Å². The molecule has 0 aliphatic heterocycles. The van der Waals surface area contributed by atoms with E-state index in [2.05, 4.69) is 36.4 Å². The van der Waals surface area contributed by atoms with Gasteiger partial charge in [0.2, 0.25) is 0 Å². The van der Waals surface area contributed by atoms with E-state index in [1.165, 1.54) is 7.11 Å². The topological polar surface area (TPSA) is 63.2 Å². The second-order valence-corrected chi connectivity index (χ2v) is 9.56. The first-order valence-corrected chi connectivity index (χ1v) is 12.9. The van der Waals surface area contributed by atoms with E-state index in [1.807, 2.05) is 54.6 Å². The molecule has 6 heteroatoms. The van der Waals surface area contributed by atoms with E-state index in [0.717, 1.165) is 44.9 Å². The third-order valence-electron chi connectivity index (χ3n) is 7.63. The van der Waals surface area contributed by atoms with Crippen molar-refractivity contribution < 1.29 is 28.5 Å². The molecular weight excluding hydrogens is 504 g/mol. The number of rotatable bonds is 8. The molecular formula is C34H32O6. The number of carbonyl (C=O) groups excluding carboxylic acids is 1. The first-order chi connectivity index (χ1) is 19.5. The zero-order valence-corrected chi connectivity index (χ0v) is 23.3. The van der Waals surface area contributed by atoms with E-state index in [9.17, 15) is 4.79 Å². The van der Waals surface area contributed by atoms with Crippen molar-refractivity contribution in [2.75, 3.05) is 35.5 Å². The molecule has 0 fully saturated rings. The Kier molecular flexibility index (Phi) is 7.52. The maximum Gasteiger partial charge on any atom is 0.339 e. The number of hydrogen-bond donors (Lipinski definition) is 0. The van der Waals surface area contributed by atoms with Gasteiger partial charge < -0.3 is 23.7 Å². The largest absolute Gasteiger partial charge is 0.497 e. The van der Waals surface area contributed by atoms with Crippen molar-refractivity contribution in [1.82, 2.24) is 0 Å². The highest BCUT2D eigenvalue weighted by Gasteiger charge is 2.36. The van der Waals surface area contributed by atoms with Crippen LogP contribution in [0.4, 0.5) is 0 Å². The number of ether oxygens (including phenoxy) is 5. The molecule has 0 atom stereocenters. The molecule has 5 rings (SSSR count). The van der Waals surface area contributed by atoms with Crippen molar-refractivity contribution in [2.45, 2.75) is 11.8 Å². The quantitative estimate of drug-likeness (QED) is 0.233. The van der Waals surface area contributed by atoms with Crippen molar-refractivity contribution in [2.24, 2.45) is 0 Å². The van der Waals surface area contributed by atoms with E-state index in [-0.39, 0.29) is 0 Å². The summed E-state index contributed by atoms with van der Waals surface area (Å²) in [7, 11) is 7.92. The molecule has 204 valence electrons. The lowest BCUT2D eigenvalue weighted by molar-refractivity contribution is 0.0601. The van der Waals surface area contributed by atoms with Gasteiger partial charge in [0.25, 0.3) is 0 Å². The molecule has 4 aromatic rings. The van der Waals surface area contributed by atoms with Crippen LogP contribution in [0.2, 0.25) is 0 Å². The van der Waals surface area contributed by atoms with Crippen LogP contribution in [0.5, 0.6) is 23.0 Å². The third-order valence-corrected chi connectivity index (χ3v) is 7.63. The zero-order chi connectivity index (χ0) is 28.3. The average molecular weight is 537 g/mol. The lowest BCUT2D eigenvalue weighted by Crippen LogP contribution is -2.31. The molecule has 0 bridgehead atoms. The summed E-state index contributed by atoms with van der Waals surface area (Å²) in [6.45, 7) is 0. The van der Waals surface area contributed by atoms with E-state index in [1.54, 1.807) is 28.4 Å². The second kappa shape index (κ2) is 11.2. The molecule has 1 aliphatic rings. The first kappa shape index (κ1) is 26.9. The van der Waals surface area contributed by atoms with E-state index in [4.69, 9.17) is 23.7 Å². The molecule has 0 spiro atoms. The molecule has 0 N–H and O–H groups in total. The van der Waals surface area contributed by atoms with Crippen molar-refractivity contribution in [1.29, 1.82) is 0 Å². The van der Waals surface area contributed by atoms with Crippen LogP contribution in [0.25, 0.3) is 17.2 Å². The van der Waals surface area contributed by atoms with Crippen LogP contribution in [0.15, 0.2) is 84.9 Å². The normalized spacial score (nSPS) is 13.2. The van der Waals surface area contributed by atoms with Gasteiger partial charge in [-0.1, -0.05) is 54.6 Å². The van der Waals surface area contributed by atoms with Crippen LogP contribution in [-0.2, 0) is 16.6 Å². The lowest BCUT2D eigenvalue weighted by Gasteiger charge is -2.36. The number of allylic oxidation sites excluding steroid dienone is 1. The van der Waals surface area contributed by atoms with Crippen LogP contribution < -0.4 is 18.9 Å². The van der Waals surface area contributed by atoms with Crippen molar-refractivity contribution in [3.05, 3.63) is 113 Å². The van der Waals surface area contributed by atoms with Crippen LogP contribution in [0, 0.1) is 0 Å². The number of esters is 1. The Labute approximate surface area is 234 Å². The summed E-state index contributed by atoms with van der Waals surface area (Å²) in [4.78, 5) is 13.3. The minimum atomic E-state index is -0.468. The number of hydrogen-bond acceptors (Lipinski definition) is 6. The maximum absolute atomic E-state index is 13.3. The Balaban J connectivity index is 1.68. The number of methoxy groups -OCH3 is 5. The fourth-order valence-electron chi connectivity index (χ4n) is 5.50. The molecule has 0 saturated heterocycles. The SMILES string of the molecule is COC(=O)c1c(-c2ccc(OC)c(OC)c2)ccc2c1C=CC(c1ccc(OC)cc1)(c1ccc(OC)cc1)C2. The standard InChI is InChI=1S/C34H32O6/c1-36-26-12-8-24(9-13-26)34(25-10-14-27(37-2)15-11-25)19-18-29-23(21-34)6-16-28(32(29)33(35)40-5)22-7-17-30(38-3)31(20-22)39-4/h6-20H,21H2,1-5H3. The number of benzene rings is 4. The molecule has 0 aromatic heterocycles. The molecule has 0 heterocycles. The van der Waals surface area contributed by atoms with Gasteiger partial charge in [0.05, 0.1) is 41.1 Å². The summed E-state index contributed by atoms with van der Waals surface area (Å²) in [5, 5.41) is 0. The summed E-state index contributed by atoms with van der Waals surface area (Å²) in [5.74, 6) is 2.39. The van der Waals surface area contributed by atoms with E-state index >= 15 is 0 Å². The summed E-state index contributed by atoms with van der Waals surface area (Å²) in [6.07, 6.45) is 4.88. The highest BCUT2D eigenvalue weighted by Crippen LogP contribution is 2.45. The molecule has 0 unspecified atom stereocenters. The highest BCUT2D eigenvalue weighted by molar-refractivity contribution is 6.02. The molecule has 6 nitrogen and oxygen atoms in total. The van der Waals surface area contributed by atoms with Gasteiger partial charge in [0.1, 0.15) is 11.5 Å². The van der Waals surface area contributed by atoms with E-state index in [0.29, 0.717) is 23.5 Å². The van der Waals surface area contributed by atoms with Gasteiger partial charge in [-0.05, 0) is 76.2 Å². The van der Waals surface area contributed by atoms with Gasteiger partial charge in [-0.15, -0.1) is 0 Å². The Hall–Kier alpha value is -4.71. The Bertz CT molecular complexity index is 1500. The molecule has 0 amide bonds. The van der Waals surface area contributed by atoms with Crippen molar-refractivity contribution >= 4 is 12.0 Å². The molecule has 0 radical (unpaired) electrons. The fraction of sp³-hybridized carbons (Fsp3) is 0.206. The monoisotopic (exact) mass is 536 g/mol. The minimum Gasteiger partial charge on any atom is -0.497 e. The molecule has 0 saturated carbocycles. The van der Waals surface area contributed by atoms with E-state index < -0.39 is 11.4 Å². The van der Waals surface area contributed by atoms with Gasteiger partial charge >= 0.3 is 5.97 Å². The zero-order valence-electron chi connectivity index (χ0n) is 23.3. The van der Waals surface area contributed by atoms with Gasteiger partial charge in [-0.3, -0.25) is 0 Å². The van der Waals surface area contributed by atoms with Gasteiger partial charge in [-0.25, -0.2) is 4.79 Å². The lowest BCUT2D eigenvalue weighted by atomic mass is 9.66. The second-order valence-electron chi connectivity index (χ2n) is 9.56. The summed E-state index contributed by atoms with van der Waals surface area (Å²) >= 11 is 0. The Morgan fingerprint density at radius 2 is 1.27 bits per heavy atom. The highest BCUT2D eigenvalue weighted by atomic mass is 16.5. The minimum absolute atomic E-state index is 0.396. The molecule has 4 aromatic carbocycles. The van der Waals surface area contributed by atoms with Crippen LogP contribution >= 0.6 is 0 Å². The summed E-state index contributed by atoms with van der Waals surface area (Å²) in [6, 6.07) is 26.0. The van der Waals surface area contributed by atoms with Crippen molar-refractivity contribution in [3.8, 4) is 34.1 Å². The van der Waals surface area contributed by atoms with Crippen LogP contribution in [0.3, 0.4) is 0 Å². The van der Waals surface area contributed by atoms with Crippen molar-refractivity contribution in [3.63, 3.8) is 0 Å². The van der Waals surface area contributed by atoms with Gasteiger partial charge in [-0.2, -0.15) is 0 Å². The predicted molar refractivity (Wildman–Crippen MR) is 156 cm³/mol. The molecule has 1 aliphatic carbocycles. The number of carbonyl (C=O) groups is 1. The number of fused-ring (bicyclic) bond motifs is 1. The van der Waals surface area contributed by atoms with Gasteiger partial charge in [0.15, 0.2) is 11.5 Å². The smallest absolute Gasteiger partial charge is 0.339 e. The Morgan fingerprint density at radius 1 is 0.675 bits per heavy atom. The summed E-state index contributed by atoms with van der Waals surface area (Å²) in [5.41, 5.74) is 5.75. The van der Waals surface area contributed by atoms with Gasteiger partial charge in [0, 0.05) is 5.41 Å². The predicted octanol–water partition coefficient (Wildman–Crippen LogP) is 6.73. The van der Waals surface area contributed by atoms with Crippen LogP contribution in [0.1, 0.15) is 32.6 Å². The maximum atomic E-state index is 13.3. The Morgan fingerprint density at radius 3 is 1.80 bits per heavy atom. The summed E-state index contributed by atoms with van der Waals surface area (Å²) < 4.78 is 27.1. The third kappa shape index (κ3) is 4.66. The molecule has 40 heavy (non-hydrogen) atoms. The average Bonchev–Trinajstić information content (AvgIpc) is 3.03. The first-order valence-electron chi connectivity index (χ1n) is 12.9. The fourth-order valence-corrected chi connectivity index (χ4v) is 5.50.